The van der Waals surface area contributed by atoms with Gasteiger partial charge in [-0.05, 0) is 66.7 Å². The zero-order valence-electron chi connectivity index (χ0n) is 17.5. The average Bonchev–Trinajstić information content (AvgIpc) is 2.76. The SMILES string of the molecule is CCCNS(=O)(=O)c1ccc(NC(=S)NC(=O)/C=C/c2ccc(OC)c(OC)c2)cc1. The highest BCUT2D eigenvalue weighted by molar-refractivity contribution is 7.89. The number of anilines is 1. The smallest absolute Gasteiger partial charge is 0.250 e. The zero-order chi connectivity index (χ0) is 22.9. The Bertz CT molecular complexity index is 1050. The van der Waals surface area contributed by atoms with E-state index in [1.807, 2.05) is 6.92 Å². The van der Waals surface area contributed by atoms with Crippen LogP contribution in [0, 0.1) is 0 Å². The number of sulfonamides is 1. The van der Waals surface area contributed by atoms with Gasteiger partial charge in [0.05, 0.1) is 19.1 Å². The predicted octanol–water partition coefficient (Wildman–Crippen LogP) is 2.92. The van der Waals surface area contributed by atoms with E-state index in [0.717, 1.165) is 5.56 Å². The largest absolute Gasteiger partial charge is 0.493 e. The fourth-order valence-corrected chi connectivity index (χ4v) is 3.83. The van der Waals surface area contributed by atoms with Crippen LogP contribution in [-0.4, -0.2) is 40.2 Å². The van der Waals surface area contributed by atoms with Crippen molar-refractivity contribution in [2.75, 3.05) is 26.1 Å². The first-order valence-corrected chi connectivity index (χ1v) is 11.3. The molecule has 10 heteroatoms. The Hall–Kier alpha value is -2.95. The molecule has 0 heterocycles. The Labute approximate surface area is 187 Å². The molecule has 0 saturated carbocycles. The highest BCUT2D eigenvalue weighted by atomic mass is 32.2. The predicted molar refractivity (Wildman–Crippen MR) is 125 cm³/mol. The Morgan fingerprint density at radius 3 is 2.35 bits per heavy atom. The summed E-state index contributed by atoms with van der Waals surface area (Å²) in [4.78, 5) is 12.3. The van der Waals surface area contributed by atoms with E-state index in [0.29, 0.717) is 30.2 Å². The lowest BCUT2D eigenvalue weighted by Crippen LogP contribution is -2.32. The first-order chi connectivity index (χ1) is 14.8. The molecule has 0 fully saturated rings. The van der Waals surface area contributed by atoms with Crippen molar-refractivity contribution < 1.29 is 22.7 Å². The third kappa shape index (κ3) is 7.35. The van der Waals surface area contributed by atoms with Gasteiger partial charge in [-0.15, -0.1) is 0 Å². The number of hydrogen-bond acceptors (Lipinski definition) is 6. The molecule has 166 valence electrons. The summed E-state index contributed by atoms with van der Waals surface area (Å²) in [5.41, 5.74) is 1.30. The van der Waals surface area contributed by atoms with Crippen LogP contribution in [0.25, 0.3) is 6.08 Å². The molecule has 0 aromatic heterocycles. The molecule has 3 N–H and O–H groups in total. The zero-order valence-corrected chi connectivity index (χ0v) is 19.1. The fraction of sp³-hybridized carbons (Fsp3) is 0.238. The molecule has 0 spiro atoms. The van der Waals surface area contributed by atoms with E-state index >= 15 is 0 Å². The number of carbonyl (C=O) groups excluding carboxylic acids is 1. The Morgan fingerprint density at radius 2 is 1.74 bits per heavy atom. The van der Waals surface area contributed by atoms with Crippen LogP contribution >= 0.6 is 12.2 Å². The van der Waals surface area contributed by atoms with Crippen LogP contribution in [0.2, 0.25) is 0 Å². The monoisotopic (exact) mass is 463 g/mol. The van der Waals surface area contributed by atoms with Crippen LogP contribution in [0.1, 0.15) is 18.9 Å². The molecule has 0 aliphatic rings. The summed E-state index contributed by atoms with van der Waals surface area (Å²) in [5, 5.41) is 5.46. The maximum absolute atomic E-state index is 12.1. The van der Waals surface area contributed by atoms with E-state index in [1.165, 1.54) is 25.3 Å². The summed E-state index contributed by atoms with van der Waals surface area (Å²) in [7, 11) is -0.456. The standard InChI is InChI=1S/C21H25N3O5S2/c1-4-13-22-31(26,27)17-9-7-16(8-10-17)23-21(30)24-20(25)12-6-15-5-11-18(28-2)19(14-15)29-3/h5-12,14,22H,4,13H2,1-3H3,(H2,23,24,25,30)/b12-6+. The second-order valence-corrected chi connectivity index (χ2v) is 8.49. The Morgan fingerprint density at radius 1 is 1.06 bits per heavy atom. The number of ether oxygens (including phenoxy) is 2. The molecular weight excluding hydrogens is 438 g/mol. The molecule has 0 aliphatic heterocycles. The van der Waals surface area contributed by atoms with Gasteiger partial charge in [0, 0.05) is 18.3 Å². The van der Waals surface area contributed by atoms with Crippen molar-refractivity contribution in [2.24, 2.45) is 0 Å². The van der Waals surface area contributed by atoms with Gasteiger partial charge >= 0.3 is 0 Å². The number of hydrogen-bond donors (Lipinski definition) is 3. The molecule has 1 amide bonds. The Kier molecular flexibility index (Phi) is 8.98. The van der Waals surface area contributed by atoms with Crippen LogP contribution in [0.3, 0.4) is 0 Å². The van der Waals surface area contributed by atoms with Crippen LogP contribution in [0.5, 0.6) is 11.5 Å². The van der Waals surface area contributed by atoms with E-state index in [4.69, 9.17) is 21.7 Å². The van der Waals surface area contributed by atoms with Gasteiger partial charge in [0.1, 0.15) is 0 Å². The van der Waals surface area contributed by atoms with E-state index in [2.05, 4.69) is 15.4 Å². The lowest BCUT2D eigenvalue weighted by Gasteiger charge is -2.10. The van der Waals surface area contributed by atoms with Gasteiger partial charge < -0.3 is 14.8 Å². The molecule has 2 aromatic rings. The van der Waals surface area contributed by atoms with Gasteiger partial charge in [0.15, 0.2) is 16.6 Å². The summed E-state index contributed by atoms with van der Waals surface area (Å²) < 4.78 is 37.1. The highest BCUT2D eigenvalue weighted by Gasteiger charge is 2.12. The number of amides is 1. The summed E-state index contributed by atoms with van der Waals surface area (Å²) >= 11 is 5.14. The van der Waals surface area contributed by atoms with Gasteiger partial charge in [0.25, 0.3) is 0 Å². The minimum absolute atomic E-state index is 0.0849. The van der Waals surface area contributed by atoms with E-state index in [1.54, 1.807) is 43.5 Å². The highest BCUT2D eigenvalue weighted by Crippen LogP contribution is 2.27. The first-order valence-electron chi connectivity index (χ1n) is 9.41. The lowest BCUT2D eigenvalue weighted by atomic mass is 10.2. The molecule has 0 bridgehead atoms. The quantitative estimate of drug-likeness (QED) is 0.388. The second-order valence-electron chi connectivity index (χ2n) is 6.31. The molecular formula is C21H25N3O5S2. The molecule has 0 aliphatic carbocycles. The van der Waals surface area contributed by atoms with Crippen LogP contribution in [0.15, 0.2) is 53.4 Å². The van der Waals surface area contributed by atoms with E-state index in [9.17, 15) is 13.2 Å². The van der Waals surface area contributed by atoms with Crippen LogP contribution in [-0.2, 0) is 14.8 Å². The minimum atomic E-state index is -3.54. The number of thiocarbonyl (C=S) groups is 1. The second kappa shape index (κ2) is 11.4. The summed E-state index contributed by atoms with van der Waals surface area (Å²) in [6.07, 6.45) is 3.65. The fourth-order valence-electron chi connectivity index (χ4n) is 2.48. The third-order valence-corrected chi connectivity index (χ3v) is 5.72. The molecule has 0 radical (unpaired) electrons. The molecule has 2 rings (SSSR count). The van der Waals surface area contributed by atoms with Crippen molar-refractivity contribution >= 4 is 45.0 Å². The number of rotatable bonds is 9. The van der Waals surface area contributed by atoms with Gasteiger partial charge in [-0.25, -0.2) is 13.1 Å². The van der Waals surface area contributed by atoms with Gasteiger partial charge in [-0.2, -0.15) is 0 Å². The van der Waals surface area contributed by atoms with Crippen molar-refractivity contribution in [1.82, 2.24) is 10.0 Å². The molecule has 8 nitrogen and oxygen atoms in total. The molecule has 0 unspecified atom stereocenters. The molecule has 2 aromatic carbocycles. The average molecular weight is 464 g/mol. The maximum atomic E-state index is 12.1. The molecule has 0 saturated heterocycles. The van der Waals surface area contributed by atoms with Crippen LogP contribution < -0.4 is 24.8 Å². The van der Waals surface area contributed by atoms with Crippen molar-refractivity contribution in [3.63, 3.8) is 0 Å². The molecule has 31 heavy (non-hydrogen) atoms. The lowest BCUT2D eigenvalue weighted by molar-refractivity contribution is -0.115. The van der Waals surface area contributed by atoms with Crippen molar-refractivity contribution in [2.45, 2.75) is 18.2 Å². The van der Waals surface area contributed by atoms with Crippen molar-refractivity contribution in [1.29, 1.82) is 0 Å². The summed E-state index contributed by atoms with van der Waals surface area (Å²) in [6.45, 7) is 2.25. The number of nitrogens with one attached hydrogen (secondary N) is 3. The van der Waals surface area contributed by atoms with Crippen LogP contribution in [0.4, 0.5) is 5.69 Å². The van der Waals surface area contributed by atoms with Gasteiger partial charge in [-0.1, -0.05) is 13.0 Å². The summed E-state index contributed by atoms with van der Waals surface area (Å²) in [6, 6.07) is 11.3. The minimum Gasteiger partial charge on any atom is -0.493 e. The number of methoxy groups -OCH3 is 2. The first kappa shape index (κ1) is 24.3. The third-order valence-electron chi connectivity index (χ3n) is 4.04. The summed E-state index contributed by atoms with van der Waals surface area (Å²) in [5.74, 6) is 0.724. The Balaban J connectivity index is 1.93. The molecule has 0 atom stereocenters. The van der Waals surface area contributed by atoms with E-state index in [-0.39, 0.29) is 10.0 Å². The number of carbonyl (C=O) groups is 1. The van der Waals surface area contributed by atoms with E-state index < -0.39 is 15.9 Å². The van der Waals surface area contributed by atoms with Crippen molar-refractivity contribution in [3.8, 4) is 11.5 Å². The number of benzene rings is 2. The van der Waals surface area contributed by atoms with Gasteiger partial charge in [0.2, 0.25) is 15.9 Å². The topological polar surface area (TPSA) is 106 Å². The normalized spacial score (nSPS) is 11.2. The van der Waals surface area contributed by atoms with Gasteiger partial charge in [-0.3, -0.25) is 10.1 Å². The maximum Gasteiger partial charge on any atom is 0.250 e. The van der Waals surface area contributed by atoms with Crippen molar-refractivity contribution in [3.05, 3.63) is 54.1 Å².